The van der Waals surface area contributed by atoms with Crippen LogP contribution in [0.1, 0.15) is 65.2 Å². The molecule has 1 N–H and O–H groups in total. The lowest BCUT2D eigenvalue weighted by atomic mass is 9.54. The quantitative estimate of drug-likeness (QED) is 0.745. The van der Waals surface area contributed by atoms with E-state index in [0.717, 1.165) is 43.4 Å². The van der Waals surface area contributed by atoms with Crippen LogP contribution in [-0.4, -0.2) is 60.2 Å². The summed E-state index contributed by atoms with van der Waals surface area (Å²) in [5, 5.41) is 3.10. The summed E-state index contributed by atoms with van der Waals surface area (Å²) in [5.74, 6) is 2.83. The van der Waals surface area contributed by atoms with Crippen molar-refractivity contribution in [2.24, 2.45) is 28.7 Å². The first-order chi connectivity index (χ1) is 14.4. The number of amides is 2. The second kappa shape index (κ2) is 7.72. The van der Waals surface area contributed by atoms with Gasteiger partial charge in [0.2, 0.25) is 11.8 Å². The van der Waals surface area contributed by atoms with Crippen molar-refractivity contribution >= 4 is 17.9 Å². The molecule has 0 radical (unpaired) electrons. The number of hydrogen-bond donors (Lipinski definition) is 1. The molecule has 2 atom stereocenters. The molecule has 6 rings (SSSR count). The Balaban J connectivity index is 1.24. The topological polar surface area (TPSA) is 80.2 Å². The van der Waals surface area contributed by atoms with Gasteiger partial charge in [0.25, 0.3) is 0 Å². The Morgan fingerprint density at radius 2 is 1.83 bits per heavy atom. The highest BCUT2D eigenvalue weighted by atomic mass is 16.6. The number of carbonyl (C=O) groups excluding carboxylic acids is 2. The average Bonchev–Trinajstić information content (AvgIpc) is 3.36. The van der Waals surface area contributed by atoms with Gasteiger partial charge in [0, 0.05) is 6.54 Å². The van der Waals surface area contributed by atoms with Crippen LogP contribution in [0, 0.1) is 23.7 Å². The third kappa shape index (κ3) is 3.69. The van der Waals surface area contributed by atoms with E-state index in [1.165, 1.54) is 19.3 Å². The number of aliphatic imine (C=N–C) groups is 1. The summed E-state index contributed by atoms with van der Waals surface area (Å²) in [4.78, 5) is 32.4. The van der Waals surface area contributed by atoms with Crippen molar-refractivity contribution in [2.45, 2.75) is 82.9 Å². The Bertz CT molecular complexity index is 699. The zero-order valence-corrected chi connectivity index (χ0v) is 18.3. The highest BCUT2D eigenvalue weighted by molar-refractivity contribution is 5.92. The lowest BCUT2D eigenvalue weighted by Crippen LogP contribution is -2.56. The Kier molecular flexibility index (Phi) is 5.18. The molecule has 4 aliphatic carbocycles. The predicted molar refractivity (Wildman–Crippen MR) is 112 cm³/mol. The number of rotatable bonds is 5. The minimum absolute atomic E-state index is 0.119. The second-order valence-electron chi connectivity index (χ2n) is 10.6. The van der Waals surface area contributed by atoms with E-state index >= 15 is 0 Å². The predicted octanol–water partition coefficient (Wildman–Crippen LogP) is 3.13. The third-order valence-corrected chi connectivity index (χ3v) is 7.92. The second-order valence-corrected chi connectivity index (χ2v) is 10.6. The lowest BCUT2D eigenvalue weighted by Gasteiger charge is -2.55. The largest absolute Gasteiger partial charge is 0.478 e. The highest BCUT2D eigenvalue weighted by Crippen LogP contribution is 2.57. The maximum absolute atomic E-state index is 13.2. The summed E-state index contributed by atoms with van der Waals surface area (Å²) in [5.41, 5.74) is -0.275. The molecule has 0 aromatic rings. The SMILES string of the molecule is CC(C)[C@@H](NC(=O)[C@@H]1CCCN1C(=O)OC12CC3CC(CC(C3)C1)C2)C1=NCCO1. The standard InChI is InChI=1S/C23H35N3O4/c1-14(2)19(21-24-5-7-29-21)25-20(27)18-4-3-6-26(18)22(28)30-23-11-15-8-16(12-23)10-17(9-15)13-23/h14-19H,3-13H2,1-2H3,(H,25,27)/t15?,16?,17?,18-,19+,23?/m0/s1. The molecule has 5 fully saturated rings. The van der Waals surface area contributed by atoms with Crippen molar-refractivity contribution in [1.29, 1.82) is 0 Å². The van der Waals surface area contributed by atoms with Crippen molar-refractivity contribution in [3.05, 3.63) is 0 Å². The summed E-state index contributed by atoms with van der Waals surface area (Å²) >= 11 is 0. The normalized spacial score (nSPS) is 37.8. The fraction of sp³-hybridized carbons (Fsp3) is 0.870. The van der Waals surface area contributed by atoms with Gasteiger partial charge in [0.05, 0.1) is 6.54 Å². The molecule has 2 heterocycles. The van der Waals surface area contributed by atoms with Gasteiger partial charge in [-0.05, 0) is 75.0 Å². The van der Waals surface area contributed by atoms with E-state index in [0.29, 0.717) is 32.0 Å². The molecule has 166 valence electrons. The zero-order valence-electron chi connectivity index (χ0n) is 18.3. The van der Waals surface area contributed by atoms with Crippen LogP contribution in [0.15, 0.2) is 4.99 Å². The molecule has 7 nitrogen and oxygen atoms in total. The van der Waals surface area contributed by atoms with Crippen molar-refractivity contribution < 1.29 is 19.1 Å². The number of carbonyl (C=O) groups is 2. The smallest absolute Gasteiger partial charge is 0.411 e. The first-order valence-corrected chi connectivity index (χ1v) is 11.9. The first-order valence-electron chi connectivity index (χ1n) is 11.9. The van der Waals surface area contributed by atoms with E-state index < -0.39 is 6.04 Å². The van der Waals surface area contributed by atoms with Gasteiger partial charge in [-0.2, -0.15) is 0 Å². The Morgan fingerprint density at radius 1 is 1.17 bits per heavy atom. The Hall–Kier alpha value is -1.79. The molecule has 4 saturated carbocycles. The van der Waals surface area contributed by atoms with Crippen molar-refractivity contribution in [2.75, 3.05) is 19.7 Å². The van der Waals surface area contributed by atoms with Crippen LogP contribution < -0.4 is 5.32 Å². The summed E-state index contributed by atoms with van der Waals surface area (Å²) in [6, 6.07) is -0.712. The average molecular weight is 418 g/mol. The number of hydrogen-bond acceptors (Lipinski definition) is 5. The maximum Gasteiger partial charge on any atom is 0.411 e. The molecule has 4 bridgehead atoms. The number of nitrogens with zero attached hydrogens (tertiary/aromatic N) is 2. The lowest BCUT2D eigenvalue weighted by molar-refractivity contribution is -0.138. The van der Waals surface area contributed by atoms with Gasteiger partial charge in [-0.3, -0.25) is 14.7 Å². The van der Waals surface area contributed by atoms with Crippen LogP contribution in [0.25, 0.3) is 0 Å². The molecule has 0 aromatic heterocycles. The van der Waals surface area contributed by atoms with E-state index in [-0.39, 0.29) is 29.6 Å². The maximum atomic E-state index is 13.2. The van der Waals surface area contributed by atoms with Gasteiger partial charge in [-0.15, -0.1) is 0 Å². The van der Waals surface area contributed by atoms with Gasteiger partial charge in [0.15, 0.2) is 0 Å². The first kappa shape index (κ1) is 20.1. The van der Waals surface area contributed by atoms with E-state index in [2.05, 4.69) is 10.3 Å². The van der Waals surface area contributed by atoms with Crippen LogP contribution in [0.4, 0.5) is 4.79 Å². The molecule has 1 saturated heterocycles. The van der Waals surface area contributed by atoms with Gasteiger partial charge in [-0.1, -0.05) is 13.8 Å². The molecule has 30 heavy (non-hydrogen) atoms. The fourth-order valence-electron chi connectivity index (χ4n) is 6.96. The molecule has 2 aliphatic heterocycles. The van der Waals surface area contributed by atoms with Crippen LogP contribution >= 0.6 is 0 Å². The Labute approximate surface area is 178 Å². The summed E-state index contributed by atoms with van der Waals surface area (Å²) < 4.78 is 11.8. The fourth-order valence-corrected chi connectivity index (χ4v) is 6.96. The summed E-state index contributed by atoms with van der Waals surface area (Å²) in [7, 11) is 0. The molecular weight excluding hydrogens is 382 g/mol. The molecule has 6 aliphatic rings. The minimum atomic E-state index is -0.463. The monoisotopic (exact) mass is 417 g/mol. The van der Waals surface area contributed by atoms with Crippen LogP contribution in [-0.2, 0) is 14.3 Å². The zero-order chi connectivity index (χ0) is 20.9. The van der Waals surface area contributed by atoms with E-state index in [1.807, 2.05) is 13.8 Å². The van der Waals surface area contributed by atoms with Crippen molar-refractivity contribution in [3.8, 4) is 0 Å². The third-order valence-electron chi connectivity index (χ3n) is 7.92. The van der Waals surface area contributed by atoms with Gasteiger partial charge >= 0.3 is 6.09 Å². The van der Waals surface area contributed by atoms with E-state index in [1.54, 1.807) is 4.90 Å². The van der Waals surface area contributed by atoms with Crippen molar-refractivity contribution in [1.82, 2.24) is 10.2 Å². The molecular formula is C23H35N3O4. The van der Waals surface area contributed by atoms with Crippen LogP contribution in [0.3, 0.4) is 0 Å². The van der Waals surface area contributed by atoms with E-state index in [4.69, 9.17) is 9.47 Å². The molecule has 0 spiro atoms. The van der Waals surface area contributed by atoms with Crippen LogP contribution in [0.5, 0.6) is 0 Å². The number of likely N-dealkylation sites (tertiary alicyclic amines) is 1. The molecule has 0 unspecified atom stereocenters. The van der Waals surface area contributed by atoms with Gasteiger partial charge in [0.1, 0.15) is 24.3 Å². The number of ether oxygens (including phenoxy) is 2. The minimum Gasteiger partial charge on any atom is -0.478 e. The molecule has 2 amide bonds. The molecule has 0 aromatic carbocycles. The van der Waals surface area contributed by atoms with Gasteiger partial charge in [-0.25, -0.2) is 4.79 Å². The Morgan fingerprint density at radius 3 is 2.40 bits per heavy atom. The number of nitrogens with one attached hydrogen (secondary N) is 1. The van der Waals surface area contributed by atoms with Gasteiger partial charge < -0.3 is 14.8 Å². The van der Waals surface area contributed by atoms with E-state index in [9.17, 15) is 9.59 Å². The molecule has 7 heteroatoms. The highest BCUT2D eigenvalue weighted by Gasteiger charge is 2.54. The summed E-state index contributed by atoms with van der Waals surface area (Å²) in [6.45, 7) is 5.89. The van der Waals surface area contributed by atoms with Crippen molar-refractivity contribution in [3.63, 3.8) is 0 Å². The van der Waals surface area contributed by atoms with Crippen LogP contribution in [0.2, 0.25) is 0 Å². The summed E-state index contributed by atoms with van der Waals surface area (Å²) in [6.07, 6.45) is 8.21.